The molecule has 6 heteroatoms. The number of benzene rings is 2. The maximum absolute atomic E-state index is 13.0. The summed E-state index contributed by atoms with van der Waals surface area (Å²) in [5.41, 5.74) is 1.92. The fraction of sp³-hybridized carbons (Fsp3) is 0.364. The molecule has 1 aliphatic rings. The van der Waals surface area contributed by atoms with Gasteiger partial charge in [0.1, 0.15) is 6.54 Å². The summed E-state index contributed by atoms with van der Waals surface area (Å²) in [7, 11) is 0. The lowest BCUT2D eigenvalue weighted by atomic mass is 10.2. The standard InChI is InChI=1S/C22H27N3O3/c1-2-28-22(27)18-25(20-11-7-4-8-12-20)21(26)17-23-13-15-24(16-14-23)19-9-5-3-6-10-19/h3-12H,2,13-18H2,1H3. The first-order valence-electron chi connectivity index (χ1n) is 9.70. The number of piperazine rings is 1. The topological polar surface area (TPSA) is 53.1 Å². The monoisotopic (exact) mass is 381 g/mol. The van der Waals surface area contributed by atoms with Crippen LogP contribution in [0.4, 0.5) is 11.4 Å². The molecule has 1 aliphatic heterocycles. The molecule has 1 amide bonds. The van der Waals surface area contributed by atoms with Gasteiger partial charge in [-0.3, -0.25) is 14.5 Å². The summed E-state index contributed by atoms with van der Waals surface area (Å²) in [6.07, 6.45) is 0. The number of carbonyl (C=O) groups is 2. The summed E-state index contributed by atoms with van der Waals surface area (Å²) in [4.78, 5) is 30.9. The fourth-order valence-corrected chi connectivity index (χ4v) is 3.35. The summed E-state index contributed by atoms with van der Waals surface area (Å²) in [6, 6.07) is 19.6. The van der Waals surface area contributed by atoms with E-state index < -0.39 is 5.97 Å². The number of rotatable bonds is 7. The highest BCUT2D eigenvalue weighted by atomic mass is 16.5. The Labute approximate surface area is 166 Å². The predicted octanol–water partition coefficient (Wildman–Crippen LogP) is 2.40. The fourth-order valence-electron chi connectivity index (χ4n) is 3.35. The van der Waals surface area contributed by atoms with Gasteiger partial charge in [0.2, 0.25) is 5.91 Å². The summed E-state index contributed by atoms with van der Waals surface area (Å²) in [5, 5.41) is 0. The minimum Gasteiger partial charge on any atom is -0.465 e. The number of nitrogens with zero attached hydrogens (tertiary/aromatic N) is 3. The second kappa shape index (κ2) is 9.90. The molecule has 0 atom stereocenters. The number of hydrogen-bond acceptors (Lipinski definition) is 5. The molecule has 0 saturated carbocycles. The van der Waals surface area contributed by atoms with Gasteiger partial charge in [-0.15, -0.1) is 0 Å². The Kier molecular flexibility index (Phi) is 7.03. The van der Waals surface area contributed by atoms with Crippen molar-refractivity contribution in [2.75, 3.05) is 55.7 Å². The van der Waals surface area contributed by atoms with Crippen LogP contribution < -0.4 is 9.80 Å². The van der Waals surface area contributed by atoms with E-state index in [1.807, 2.05) is 48.5 Å². The van der Waals surface area contributed by atoms with Crippen LogP contribution in [0.5, 0.6) is 0 Å². The highest BCUT2D eigenvalue weighted by Gasteiger charge is 2.24. The van der Waals surface area contributed by atoms with Gasteiger partial charge in [0.05, 0.1) is 13.2 Å². The molecule has 2 aromatic carbocycles. The maximum atomic E-state index is 13.0. The molecule has 1 saturated heterocycles. The third kappa shape index (κ3) is 5.33. The summed E-state index contributed by atoms with van der Waals surface area (Å²) in [5.74, 6) is -0.485. The molecule has 2 aromatic rings. The Bertz CT molecular complexity index is 759. The van der Waals surface area contributed by atoms with Gasteiger partial charge < -0.3 is 14.5 Å². The van der Waals surface area contributed by atoms with Gasteiger partial charge in [0.15, 0.2) is 0 Å². The van der Waals surface area contributed by atoms with Crippen molar-refractivity contribution in [3.8, 4) is 0 Å². The molecule has 0 N–H and O–H groups in total. The highest BCUT2D eigenvalue weighted by Crippen LogP contribution is 2.17. The van der Waals surface area contributed by atoms with Crippen LogP contribution in [0.25, 0.3) is 0 Å². The highest BCUT2D eigenvalue weighted by molar-refractivity contribution is 5.98. The molecule has 0 unspecified atom stereocenters. The van der Waals surface area contributed by atoms with E-state index in [9.17, 15) is 9.59 Å². The normalized spacial score (nSPS) is 14.5. The number of amides is 1. The van der Waals surface area contributed by atoms with E-state index in [0.717, 1.165) is 26.2 Å². The molecule has 0 aromatic heterocycles. The lowest BCUT2D eigenvalue weighted by molar-refractivity contribution is -0.142. The molecule has 0 radical (unpaired) electrons. The molecule has 0 bridgehead atoms. The molecule has 6 nitrogen and oxygen atoms in total. The third-order valence-electron chi connectivity index (χ3n) is 4.81. The third-order valence-corrected chi connectivity index (χ3v) is 4.81. The minimum atomic E-state index is -0.395. The van der Waals surface area contributed by atoms with Crippen molar-refractivity contribution in [3.63, 3.8) is 0 Å². The van der Waals surface area contributed by atoms with Gasteiger partial charge in [0.25, 0.3) is 0 Å². The molecule has 1 heterocycles. The first kappa shape index (κ1) is 19.9. The van der Waals surface area contributed by atoms with Crippen molar-refractivity contribution >= 4 is 23.3 Å². The van der Waals surface area contributed by atoms with Crippen molar-refractivity contribution < 1.29 is 14.3 Å². The Morgan fingerprint density at radius 2 is 1.54 bits per heavy atom. The Hall–Kier alpha value is -2.86. The van der Waals surface area contributed by atoms with Crippen LogP contribution in [0.15, 0.2) is 60.7 Å². The zero-order valence-corrected chi connectivity index (χ0v) is 16.3. The van der Waals surface area contributed by atoms with Gasteiger partial charge in [-0.05, 0) is 31.2 Å². The van der Waals surface area contributed by atoms with Crippen molar-refractivity contribution in [1.29, 1.82) is 0 Å². The zero-order valence-electron chi connectivity index (χ0n) is 16.3. The van der Waals surface area contributed by atoms with Gasteiger partial charge in [-0.25, -0.2) is 0 Å². The number of para-hydroxylation sites is 2. The predicted molar refractivity (Wildman–Crippen MR) is 111 cm³/mol. The minimum absolute atomic E-state index is 0.0688. The number of hydrogen-bond donors (Lipinski definition) is 0. The molecule has 0 aliphatic carbocycles. The quantitative estimate of drug-likeness (QED) is 0.690. The first-order chi connectivity index (χ1) is 13.7. The average molecular weight is 381 g/mol. The van der Waals surface area contributed by atoms with E-state index >= 15 is 0 Å². The van der Waals surface area contributed by atoms with Crippen LogP contribution in [0, 0.1) is 0 Å². The summed E-state index contributed by atoms with van der Waals surface area (Å²) in [6.45, 7) is 5.65. The Balaban J connectivity index is 1.60. The summed E-state index contributed by atoms with van der Waals surface area (Å²) < 4.78 is 5.04. The van der Waals surface area contributed by atoms with Crippen molar-refractivity contribution in [2.24, 2.45) is 0 Å². The van der Waals surface area contributed by atoms with Crippen molar-refractivity contribution in [2.45, 2.75) is 6.92 Å². The Morgan fingerprint density at radius 3 is 2.14 bits per heavy atom. The number of anilines is 2. The van der Waals surface area contributed by atoms with Crippen molar-refractivity contribution in [3.05, 3.63) is 60.7 Å². The average Bonchev–Trinajstić information content (AvgIpc) is 2.74. The van der Waals surface area contributed by atoms with E-state index in [1.54, 1.807) is 6.92 Å². The van der Waals surface area contributed by atoms with E-state index in [-0.39, 0.29) is 19.0 Å². The molecule has 3 rings (SSSR count). The molecule has 28 heavy (non-hydrogen) atoms. The molecule has 1 fully saturated rings. The lowest BCUT2D eigenvalue weighted by Crippen LogP contribution is -2.51. The van der Waals surface area contributed by atoms with Crippen LogP contribution in [0.3, 0.4) is 0 Å². The first-order valence-corrected chi connectivity index (χ1v) is 9.70. The number of ether oxygens (including phenoxy) is 1. The molecular formula is C22H27N3O3. The van der Waals surface area contributed by atoms with Gasteiger partial charge in [-0.1, -0.05) is 36.4 Å². The van der Waals surface area contributed by atoms with Crippen LogP contribution in [-0.4, -0.2) is 62.7 Å². The van der Waals surface area contributed by atoms with E-state index in [2.05, 4.69) is 21.9 Å². The van der Waals surface area contributed by atoms with Gasteiger partial charge in [-0.2, -0.15) is 0 Å². The van der Waals surface area contributed by atoms with E-state index in [1.165, 1.54) is 10.6 Å². The Morgan fingerprint density at radius 1 is 0.929 bits per heavy atom. The van der Waals surface area contributed by atoms with E-state index in [0.29, 0.717) is 12.3 Å². The van der Waals surface area contributed by atoms with Crippen LogP contribution in [0.2, 0.25) is 0 Å². The molecular weight excluding hydrogens is 354 g/mol. The smallest absolute Gasteiger partial charge is 0.326 e. The molecule has 148 valence electrons. The van der Waals surface area contributed by atoms with Crippen LogP contribution in [-0.2, 0) is 14.3 Å². The summed E-state index contributed by atoms with van der Waals surface area (Å²) >= 11 is 0. The zero-order chi connectivity index (χ0) is 19.8. The van der Waals surface area contributed by atoms with Gasteiger partial charge in [0, 0.05) is 37.6 Å². The second-order valence-corrected chi connectivity index (χ2v) is 6.72. The van der Waals surface area contributed by atoms with Crippen molar-refractivity contribution in [1.82, 2.24) is 4.90 Å². The largest absolute Gasteiger partial charge is 0.465 e. The SMILES string of the molecule is CCOC(=O)CN(C(=O)CN1CCN(c2ccccc2)CC1)c1ccccc1. The van der Waals surface area contributed by atoms with Crippen LogP contribution >= 0.6 is 0 Å². The van der Waals surface area contributed by atoms with E-state index in [4.69, 9.17) is 4.74 Å². The second-order valence-electron chi connectivity index (χ2n) is 6.72. The maximum Gasteiger partial charge on any atom is 0.326 e. The molecule has 0 spiro atoms. The number of carbonyl (C=O) groups excluding carboxylic acids is 2. The lowest BCUT2D eigenvalue weighted by Gasteiger charge is -2.36. The number of esters is 1. The van der Waals surface area contributed by atoms with Crippen LogP contribution in [0.1, 0.15) is 6.92 Å². The van der Waals surface area contributed by atoms with Gasteiger partial charge >= 0.3 is 5.97 Å².